The van der Waals surface area contributed by atoms with Crippen molar-refractivity contribution in [2.24, 2.45) is 0 Å². The van der Waals surface area contributed by atoms with Crippen LogP contribution in [0.3, 0.4) is 0 Å². The molecule has 0 atom stereocenters. The molecule has 0 saturated carbocycles. The summed E-state index contributed by atoms with van der Waals surface area (Å²) in [7, 11) is -4.67. The molecule has 0 aromatic heterocycles. The first-order valence-electron chi connectivity index (χ1n) is 1.35. The van der Waals surface area contributed by atoms with Gasteiger partial charge in [-0.3, -0.25) is 9.11 Å². The molecule has 0 aliphatic rings. The zero-order valence-corrected chi connectivity index (χ0v) is 8.45. The van der Waals surface area contributed by atoms with E-state index in [0.29, 0.717) is 0 Å². The van der Waals surface area contributed by atoms with Crippen molar-refractivity contribution in [3.8, 4) is 0 Å². The molecule has 0 bridgehead atoms. The second kappa shape index (κ2) is 10.1. The minimum absolute atomic E-state index is 0. The summed E-state index contributed by atoms with van der Waals surface area (Å²) in [6.07, 6.45) is -1.83. The molecule has 0 radical (unpaired) electrons. The fourth-order valence-corrected chi connectivity index (χ4v) is 0. The molecule has 0 aromatic carbocycles. The normalized spacial score (nSPS) is 7.45. The summed E-state index contributed by atoms with van der Waals surface area (Å²) in [6, 6.07) is 0. The molecule has 0 aliphatic heterocycles. The smallest absolute Gasteiger partial charge is 1.00 e. The van der Waals surface area contributed by atoms with Gasteiger partial charge in [0.1, 0.15) is 0 Å². The van der Waals surface area contributed by atoms with Crippen LogP contribution >= 0.6 is 0 Å². The van der Waals surface area contributed by atoms with E-state index in [1.54, 1.807) is 0 Å². The molecular formula is CH8NNaO7S. The van der Waals surface area contributed by atoms with Crippen LogP contribution in [0.4, 0.5) is 4.79 Å². The van der Waals surface area contributed by atoms with Crippen LogP contribution in [0.25, 0.3) is 0 Å². The average Bonchev–Trinajstić information content (AvgIpc) is 1.19. The summed E-state index contributed by atoms with van der Waals surface area (Å²) in [6.45, 7) is 0. The molecule has 0 aliphatic carbocycles. The summed E-state index contributed by atoms with van der Waals surface area (Å²) in [4.78, 5) is 8.56. The van der Waals surface area contributed by atoms with Crippen molar-refractivity contribution in [3.05, 3.63) is 0 Å². The zero-order chi connectivity index (χ0) is 8.08. The number of carbonyl (C=O) groups is 1. The standard InChI is InChI=1S/CH2O3.H3N.Na.H2O4S.H/c2-1(3)4;;;1-5(2,3)4;/h(H2,2,3,4);1H3;;(H2,1,2,3,4);/q;;+1;;-1. The van der Waals surface area contributed by atoms with Crippen molar-refractivity contribution in [1.82, 2.24) is 6.15 Å². The molecule has 66 valence electrons. The van der Waals surface area contributed by atoms with E-state index in [4.69, 9.17) is 32.5 Å². The molecule has 0 aromatic rings. The van der Waals surface area contributed by atoms with Crippen molar-refractivity contribution < 1.29 is 63.5 Å². The maximum absolute atomic E-state index is 8.74. The molecule has 0 fully saturated rings. The zero-order valence-electron chi connectivity index (χ0n) is 6.63. The number of hydrogen-bond acceptors (Lipinski definition) is 4. The second-order valence-corrected chi connectivity index (χ2v) is 1.63. The summed E-state index contributed by atoms with van der Waals surface area (Å²) in [5.41, 5.74) is 0. The molecule has 0 heterocycles. The van der Waals surface area contributed by atoms with Crippen LogP contribution in [0.2, 0.25) is 0 Å². The van der Waals surface area contributed by atoms with Gasteiger partial charge in [-0.05, 0) is 0 Å². The van der Waals surface area contributed by atoms with E-state index in [1.807, 2.05) is 0 Å². The molecule has 11 heavy (non-hydrogen) atoms. The third kappa shape index (κ3) is 66300. The van der Waals surface area contributed by atoms with Crippen LogP contribution in [0.1, 0.15) is 1.43 Å². The molecular weight excluding hydrogens is 193 g/mol. The van der Waals surface area contributed by atoms with Gasteiger partial charge in [0.2, 0.25) is 0 Å². The van der Waals surface area contributed by atoms with Gasteiger partial charge in [0.15, 0.2) is 0 Å². The van der Waals surface area contributed by atoms with Crippen molar-refractivity contribution in [2.45, 2.75) is 0 Å². The van der Waals surface area contributed by atoms with Gasteiger partial charge in [-0.15, -0.1) is 0 Å². The van der Waals surface area contributed by atoms with E-state index in [9.17, 15) is 0 Å². The Kier molecular flexibility index (Phi) is 20.6. The Morgan fingerprint density at radius 2 is 1.18 bits per heavy atom. The van der Waals surface area contributed by atoms with Gasteiger partial charge in [0.25, 0.3) is 0 Å². The monoisotopic (exact) mass is 201 g/mol. The van der Waals surface area contributed by atoms with E-state index in [1.165, 1.54) is 0 Å². The topological polar surface area (TPSA) is 167 Å². The van der Waals surface area contributed by atoms with E-state index in [2.05, 4.69) is 0 Å². The van der Waals surface area contributed by atoms with Gasteiger partial charge >= 0.3 is 46.1 Å². The quantitative estimate of drug-likeness (QED) is 0.202. The van der Waals surface area contributed by atoms with Gasteiger partial charge in [-0.1, -0.05) is 0 Å². The van der Waals surface area contributed by atoms with Gasteiger partial charge in [0, 0.05) is 0 Å². The first-order valence-corrected chi connectivity index (χ1v) is 2.75. The minimum Gasteiger partial charge on any atom is -1.00 e. The molecule has 8 nitrogen and oxygen atoms in total. The maximum Gasteiger partial charge on any atom is 1.00 e. The van der Waals surface area contributed by atoms with Gasteiger partial charge in [-0.2, -0.15) is 8.42 Å². The number of rotatable bonds is 0. The Bertz CT molecular complexity index is 166. The van der Waals surface area contributed by atoms with E-state index in [0.717, 1.165) is 0 Å². The third-order valence-corrected chi connectivity index (χ3v) is 0. The van der Waals surface area contributed by atoms with Crippen LogP contribution in [0.15, 0.2) is 0 Å². The first kappa shape index (κ1) is 22.5. The van der Waals surface area contributed by atoms with Crippen molar-refractivity contribution >= 4 is 16.6 Å². The molecule has 0 unspecified atom stereocenters. The second-order valence-electron chi connectivity index (χ2n) is 0.730. The number of carboxylic acid groups (broad SMARTS) is 2. The molecule has 10 heteroatoms. The van der Waals surface area contributed by atoms with Gasteiger partial charge in [-0.25, -0.2) is 4.79 Å². The fourth-order valence-electron chi connectivity index (χ4n) is 0. The Morgan fingerprint density at radius 1 is 1.18 bits per heavy atom. The Labute approximate surface area is 86.2 Å². The molecule has 7 N–H and O–H groups in total. The van der Waals surface area contributed by atoms with Gasteiger partial charge < -0.3 is 17.8 Å². The largest absolute Gasteiger partial charge is 1.00 e. The molecule has 0 saturated heterocycles. The van der Waals surface area contributed by atoms with Crippen molar-refractivity contribution in [3.63, 3.8) is 0 Å². The fraction of sp³-hybridized carbons (Fsp3) is 0. The first-order chi connectivity index (χ1) is 3.73. The van der Waals surface area contributed by atoms with E-state index in [-0.39, 0.29) is 37.1 Å². The summed E-state index contributed by atoms with van der Waals surface area (Å²) in [5, 5.41) is 13.9. The minimum atomic E-state index is -4.67. The summed E-state index contributed by atoms with van der Waals surface area (Å²) < 4.78 is 31.6. The average molecular weight is 201 g/mol. The van der Waals surface area contributed by atoms with Crippen LogP contribution in [0.5, 0.6) is 0 Å². The van der Waals surface area contributed by atoms with Crippen molar-refractivity contribution in [1.29, 1.82) is 0 Å². The van der Waals surface area contributed by atoms with Gasteiger partial charge in [0.05, 0.1) is 0 Å². The Hall–Kier alpha value is 0.1000. The van der Waals surface area contributed by atoms with Crippen LogP contribution in [0, 0.1) is 0 Å². The summed E-state index contributed by atoms with van der Waals surface area (Å²) in [5.74, 6) is 0. The van der Waals surface area contributed by atoms with Crippen LogP contribution in [-0.4, -0.2) is 33.9 Å². The molecule has 0 spiro atoms. The summed E-state index contributed by atoms with van der Waals surface area (Å²) >= 11 is 0. The molecule has 0 rings (SSSR count). The predicted molar refractivity (Wildman–Crippen MR) is 31.0 cm³/mol. The third-order valence-electron chi connectivity index (χ3n) is 0. The Morgan fingerprint density at radius 3 is 1.18 bits per heavy atom. The van der Waals surface area contributed by atoms with Crippen LogP contribution < -0.4 is 35.7 Å². The van der Waals surface area contributed by atoms with E-state index < -0.39 is 16.6 Å². The van der Waals surface area contributed by atoms with E-state index >= 15 is 0 Å². The van der Waals surface area contributed by atoms with Crippen molar-refractivity contribution in [2.75, 3.05) is 0 Å². The number of hydrogen-bond donors (Lipinski definition) is 5. The Balaban J connectivity index is -0.0000000221. The van der Waals surface area contributed by atoms with Crippen LogP contribution in [-0.2, 0) is 10.4 Å². The predicted octanol–water partition coefficient (Wildman–Crippen LogP) is -3.15. The maximum atomic E-state index is 8.74. The molecule has 0 amide bonds. The SMILES string of the molecule is N.O=C(O)O.O=S(=O)(O)O.[H-].[Na+].